The number of nitrogens with one attached hydrogen (secondary N) is 1. The molecule has 22 heavy (non-hydrogen) atoms. The third-order valence-corrected chi connectivity index (χ3v) is 4.79. The fourth-order valence-electron chi connectivity index (χ4n) is 3.59. The van der Waals surface area contributed by atoms with Crippen LogP contribution in [0, 0.1) is 0 Å². The Morgan fingerprint density at radius 2 is 2.05 bits per heavy atom. The highest BCUT2D eigenvalue weighted by molar-refractivity contribution is 6.30. The fraction of sp³-hybridized carbons (Fsp3) is 0.588. The predicted octanol–water partition coefficient (Wildman–Crippen LogP) is 4.64. The van der Waals surface area contributed by atoms with E-state index in [1.165, 1.54) is 12.8 Å². The molecule has 1 aromatic carbocycles. The van der Waals surface area contributed by atoms with Crippen LogP contribution >= 0.6 is 11.6 Å². The van der Waals surface area contributed by atoms with Crippen LogP contribution in [0.2, 0.25) is 5.02 Å². The largest absolute Gasteiger partial charge is 0.351 e. The van der Waals surface area contributed by atoms with Crippen LogP contribution in [0.25, 0.3) is 0 Å². The highest BCUT2D eigenvalue weighted by atomic mass is 35.5. The topological polar surface area (TPSA) is 41.6 Å². The second-order valence-corrected chi connectivity index (χ2v) is 6.78. The molecular formula is C17H23ClN2O2. The van der Waals surface area contributed by atoms with Crippen molar-refractivity contribution >= 4 is 23.3 Å². The van der Waals surface area contributed by atoms with Gasteiger partial charge in [-0.2, -0.15) is 0 Å². The summed E-state index contributed by atoms with van der Waals surface area (Å²) < 4.78 is 6.20. The predicted molar refractivity (Wildman–Crippen MR) is 88.2 cm³/mol. The van der Waals surface area contributed by atoms with E-state index in [0.29, 0.717) is 11.6 Å². The number of hydrogen-bond acceptors (Lipinski definition) is 2. The maximum atomic E-state index is 12.7. The van der Waals surface area contributed by atoms with E-state index in [1.54, 1.807) is 12.1 Å². The van der Waals surface area contributed by atoms with Crippen LogP contribution in [0.1, 0.15) is 45.4 Å². The molecule has 1 N–H and O–H groups in total. The molecule has 5 heteroatoms. The van der Waals surface area contributed by atoms with Crippen molar-refractivity contribution in [3.63, 3.8) is 0 Å². The molecule has 4 nitrogen and oxygen atoms in total. The number of rotatable bonds is 1. The van der Waals surface area contributed by atoms with Crippen LogP contribution in [-0.2, 0) is 4.74 Å². The minimum absolute atomic E-state index is 0.0863. The first-order valence-electron chi connectivity index (χ1n) is 8.11. The van der Waals surface area contributed by atoms with Gasteiger partial charge in [-0.05, 0) is 50.8 Å². The van der Waals surface area contributed by atoms with Crippen LogP contribution in [0.15, 0.2) is 24.3 Å². The Morgan fingerprint density at radius 1 is 1.32 bits per heavy atom. The third-order valence-electron chi connectivity index (χ3n) is 4.56. The Labute approximate surface area is 136 Å². The van der Waals surface area contributed by atoms with Crippen LogP contribution in [0.4, 0.5) is 10.5 Å². The average molecular weight is 323 g/mol. The number of benzene rings is 1. The number of amides is 2. The van der Waals surface area contributed by atoms with Gasteiger partial charge < -0.3 is 10.1 Å². The van der Waals surface area contributed by atoms with Gasteiger partial charge in [0.1, 0.15) is 5.72 Å². The van der Waals surface area contributed by atoms with Crippen molar-refractivity contribution in [2.45, 2.75) is 57.3 Å². The van der Waals surface area contributed by atoms with Gasteiger partial charge in [0.15, 0.2) is 0 Å². The quantitative estimate of drug-likeness (QED) is 0.818. The van der Waals surface area contributed by atoms with E-state index in [1.807, 2.05) is 24.0 Å². The summed E-state index contributed by atoms with van der Waals surface area (Å²) in [5.41, 5.74) is 0.305. The van der Waals surface area contributed by atoms with E-state index in [-0.39, 0.29) is 12.1 Å². The number of urea groups is 1. The molecule has 1 aromatic rings. The normalized spacial score (nSPS) is 24.3. The molecular weight excluding hydrogens is 300 g/mol. The number of carbonyl (C=O) groups is 1. The van der Waals surface area contributed by atoms with Crippen LogP contribution in [0.5, 0.6) is 0 Å². The number of carbonyl (C=O) groups excluding carboxylic acids is 1. The van der Waals surface area contributed by atoms with Crippen LogP contribution in [0.3, 0.4) is 0 Å². The number of halogens is 1. The van der Waals surface area contributed by atoms with Gasteiger partial charge in [0.2, 0.25) is 0 Å². The van der Waals surface area contributed by atoms with E-state index in [9.17, 15) is 4.79 Å². The summed E-state index contributed by atoms with van der Waals surface area (Å²) in [6, 6.07) is 7.16. The Bertz CT molecular complexity index is 541. The van der Waals surface area contributed by atoms with Gasteiger partial charge in [-0.15, -0.1) is 0 Å². The summed E-state index contributed by atoms with van der Waals surface area (Å²) in [4.78, 5) is 14.6. The van der Waals surface area contributed by atoms with E-state index >= 15 is 0 Å². The van der Waals surface area contributed by atoms with Gasteiger partial charge in [0, 0.05) is 10.7 Å². The molecule has 0 aromatic heterocycles. The maximum Gasteiger partial charge on any atom is 0.324 e. The second kappa shape index (κ2) is 6.47. The molecule has 2 fully saturated rings. The highest BCUT2D eigenvalue weighted by Crippen LogP contribution is 2.39. The molecule has 1 saturated heterocycles. The summed E-state index contributed by atoms with van der Waals surface area (Å²) in [7, 11) is 0. The fourth-order valence-corrected chi connectivity index (χ4v) is 3.78. The Morgan fingerprint density at radius 3 is 2.73 bits per heavy atom. The summed E-state index contributed by atoms with van der Waals surface area (Å²) in [5, 5.41) is 3.58. The summed E-state index contributed by atoms with van der Waals surface area (Å²) in [5.74, 6) is 0. The zero-order valence-corrected chi connectivity index (χ0v) is 13.7. The lowest BCUT2D eigenvalue weighted by Crippen LogP contribution is -2.49. The minimum Gasteiger partial charge on any atom is -0.351 e. The standard InChI is InChI=1S/C17H23ClN2O2/c1-13-12-20(17(22-13)9-4-2-3-5-10-17)16(21)19-15-8-6-7-14(18)11-15/h6-8,11,13H,2-5,9-10,12H2,1H3,(H,19,21)/t13-/m0/s1. The van der Waals surface area contributed by atoms with Gasteiger partial charge in [-0.3, -0.25) is 4.90 Å². The minimum atomic E-state index is -0.418. The number of hydrogen-bond donors (Lipinski definition) is 1. The average Bonchev–Trinajstić information content (AvgIpc) is 2.64. The Kier molecular flexibility index (Phi) is 4.59. The maximum absolute atomic E-state index is 12.7. The lowest BCUT2D eigenvalue weighted by atomic mass is 10.0. The molecule has 1 aliphatic heterocycles. The van der Waals surface area contributed by atoms with Crippen LogP contribution in [-0.4, -0.2) is 29.3 Å². The molecule has 1 aliphatic carbocycles. The number of anilines is 1. The van der Waals surface area contributed by atoms with Gasteiger partial charge in [-0.25, -0.2) is 4.79 Å². The molecule has 1 saturated carbocycles. The zero-order valence-electron chi connectivity index (χ0n) is 13.0. The number of ether oxygens (including phenoxy) is 1. The first kappa shape index (κ1) is 15.6. The molecule has 0 bridgehead atoms. The van der Waals surface area contributed by atoms with Gasteiger partial charge in [-0.1, -0.05) is 30.5 Å². The van der Waals surface area contributed by atoms with Crippen molar-refractivity contribution in [3.05, 3.63) is 29.3 Å². The van der Waals surface area contributed by atoms with Crippen molar-refractivity contribution in [1.82, 2.24) is 4.90 Å². The molecule has 2 amide bonds. The lowest BCUT2D eigenvalue weighted by molar-refractivity contribution is -0.0932. The summed E-state index contributed by atoms with van der Waals surface area (Å²) >= 11 is 5.99. The second-order valence-electron chi connectivity index (χ2n) is 6.34. The molecule has 120 valence electrons. The number of nitrogens with zero attached hydrogens (tertiary/aromatic N) is 1. The zero-order chi connectivity index (χ0) is 15.6. The highest BCUT2D eigenvalue weighted by Gasteiger charge is 2.47. The van der Waals surface area contributed by atoms with Gasteiger partial charge >= 0.3 is 6.03 Å². The monoisotopic (exact) mass is 322 g/mol. The first-order chi connectivity index (χ1) is 10.6. The van der Waals surface area contributed by atoms with Crippen molar-refractivity contribution < 1.29 is 9.53 Å². The van der Waals surface area contributed by atoms with Crippen molar-refractivity contribution in [2.75, 3.05) is 11.9 Å². The van der Waals surface area contributed by atoms with Crippen molar-refractivity contribution in [1.29, 1.82) is 0 Å². The van der Waals surface area contributed by atoms with E-state index < -0.39 is 5.72 Å². The summed E-state index contributed by atoms with van der Waals surface area (Å²) in [6.07, 6.45) is 6.64. The van der Waals surface area contributed by atoms with E-state index in [4.69, 9.17) is 16.3 Å². The van der Waals surface area contributed by atoms with Gasteiger partial charge in [0.25, 0.3) is 0 Å². The van der Waals surface area contributed by atoms with E-state index in [2.05, 4.69) is 5.32 Å². The molecule has 3 rings (SSSR count). The van der Waals surface area contributed by atoms with E-state index in [0.717, 1.165) is 31.4 Å². The van der Waals surface area contributed by atoms with Gasteiger partial charge in [0.05, 0.1) is 12.6 Å². The van der Waals surface area contributed by atoms with Crippen molar-refractivity contribution in [2.24, 2.45) is 0 Å². The lowest BCUT2D eigenvalue weighted by Gasteiger charge is -2.36. The molecule has 0 radical (unpaired) electrons. The first-order valence-corrected chi connectivity index (χ1v) is 8.49. The summed E-state index contributed by atoms with van der Waals surface area (Å²) in [6.45, 7) is 2.69. The Hall–Kier alpha value is -1.26. The van der Waals surface area contributed by atoms with Crippen molar-refractivity contribution in [3.8, 4) is 0 Å². The third kappa shape index (κ3) is 3.23. The molecule has 0 unspecified atom stereocenters. The molecule has 2 aliphatic rings. The SMILES string of the molecule is C[C@H]1CN(C(=O)Nc2cccc(Cl)c2)C2(CCCCCC2)O1. The molecule has 1 atom stereocenters. The Balaban J connectivity index is 1.77. The molecule has 1 spiro atoms. The smallest absolute Gasteiger partial charge is 0.324 e. The molecule has 1 heterocycles. The van der Waals surface area contributed by atoms with Crippen LogP contribution < -0.4 is 5.32 Å².